The van der Waals surface area contributed by atoms with Gasteiger partial charge in [-0.15, -0.1) is 0 Å². The lowest BCUT2D eigenvalue weighted by molar-refractivity contribution is 0.232. The number of carbonyl (C=O) groups excluding carboxylic acids is 1. The van der Waals surface area contributed by atoms with Gasteiger partial charge in [0.25, 0.3) is 0 Å². The molecule has 19 heavy (non-hydrogen) atoms. The molecule has 104 valence electrons. The van der Waals surface area contributed by atoms with Gasteiger partial charge in [-0.05, 0) is 44.2 Å². The molecule has 1 aliphatic rings. The number of carbonyl (C=O) groups is 1. The van der Waals surface area contributed by atoms with Gasteiger partial charge in [-0.2, -0.15) is 0 Å². The first-order chi connectivity index (χ1) is 9.06. The molecule has 3 nitrogen and oxygen atoms in total. The Morgan fingerprint density at radius 2 is 1.95 bits per heavy atom. The Morgan fingerprint density at radius 3 is 2.63 bits per heavy atom. The summed E-state index contributed by atoms with van der Waals surface area (Å²) in [6.45, 7) is 6.30. The zero-order chi connectivity index (χ0) is 13.8. The second-order valence-electron chi connectivity index (χ2n) is 5.79. The summed E-state index contributed by atoms with van der Waals surface area (Å²) >= 11 is 0. The van der Waals surface area contributed by atoms with E-state index in [4.69, 9.17) is 0 Å². The number of amides is 2. The average molecular weight is 260 g/mol. The lowest BCUT2D eigenvalue weighted by Gasteiger charge is -2.29. The van der Waals surface area contributed by atoms with Crippen LogP contribution in [0.1, 0.15) is 43.7 Å². The molecule has 2 unspecified atom stereocenters. The Kier molecular flexibility index (Phi) is 4.46. The Bertz CT molecular complexity index is 456. The molecule has 0 aromatic heterocycles. The van der Waals surface area contributed by atoms with Gasteiger partial charge in [0.15, 0.2) is 0 Å². The van der Waals surface area contributed by atoms with Gasteiger partial charge in [0.2, 0.25) is 0 Å². The van der Waals surface area contributed by atoms with E-state index in [1.807, 2.05) is 19.1 Å². The van der Waals surface area contributed by atoms with Gasteiger partial charge in [0.1, 0.15) is 0 Å². The Labute approximate surface area is 115 Å². The van der Waals surface area contributed by atoms with Crippen molar-refractivity contribution in [2.45, 2.75) is 52.5 Å². The van der Waals surface area contributed by atoms with Crippen LogP contribution in [0, 0.1) is 19.8 Å². The van der Waals surface area contributed by atoms with Crippen molar-refractivity contribution in [3.05, 3.63) is 29.3 Å². The van der Waals surface area contributed by atoms with Gasteiger partial charge in [-0.25, -0.2) is 4.79 Å². The van der Waals surface area contributed by atoms with E-state index in [0.717, 1.165) is 17.7 Å². The van der Waals surface area contributed by atoms with Crippen LogP contribution in [-0.2, 0) is 0 Å². The van der Waals surface area contributed by atoms with E-state index in [1.165, 1.54) is 24.8 Å². The van der Waals surface area contributed by atoms with Crippen LogP contribution in [0.15, 0.2) is 18.2 Å². The number of nitrogens with one attached hydrogen (secondary N) is 2. The molecule has 1 saturated carbocycles. The fourth-order valence-corrected chi connectivity index (χ4v) is 2.81. The Balaban J connectivity index is 1.93. The van der Waals surface area contributed by atoms with E-state index in [2.05, 4.69) is 30.5 Å². The summed E-state index contributed by atoms with van der Waals surface area (Å²) in [5.41, 5.74) is 3.21. The first kappa shape index (κ1) is 13.9. The van der Waals surface area contributed by atoms with Crippen LogP contribution >= 0.6 is 0 Å². The Hall–Kier alpha value is -1.51. The van der Waals surface area contributed by atoms with E-state index in [1.54, 1.807) is 0 Å². The highest BCUT2D eigenvalue weighted by atomic mass is 16.2. The molecule has 1 fully saturated rings. The van der Waals surface area contributed by atoms with Gasteiger partial charge in [-0.1, -0.05) is 37.5 Å². The fraction of sp³-hybridized carbons (Fsp3) is 0.562. The maximum absolute atomic E-state index is 12.0. The lowest BCUT2D eigenvalue weighted by atomic mass is 9.86. The monoisotopic (exact) mass is 260 g/mol. The minimum atomic E-state index is -0.0781. The van der Waals surface area contributed by atoms with Gasteiger partial charge in [-0.3, -0.25) is 0 Å². The molecular formula is C16H24N2O. The summed E-state index contributed by atoms with van der Waals surface area (Å²) in [5, 5.41) is 6.06. The molecule has 0 aliphatic heterocycles. The van der Waals surface area contributed by atoms with E-state index < -0.39 is 0 Å². The number of anilines is 1. The first-order valence-corrected chi connectivity index (χ1v) is 7.21. The maximum atomic E-state index is 12.0. The van der Waals surface area contributed by atoms with Crippen LogP contribution in [0.3, 0.4) is 0 Å². The smallest absolute Gasteiger partial charge is 0.319 e. The third-order valence-corrected chi connectivity index (χ3v) is 4.06. The van der Waals surface area contributed by atoms with Gasteiger partial charge in [0, 0.05) is 11.7 Å². The van der Waals surface area contributed by atoms with Crippen LogP contribution in [0.4, 0.5) is 10.5 Å². The molecule has 3 heteroatoms. The second-order valence-corrected chi connectivity index (χ2v) is 5.79. The maximum Gasteiger partial charge on any atom is 0.319 e. The molecule has 0 bridgehead atoms. The fourth-order valence-electron chi connectivity index (χ4n) is 2.81. The van der Waals surface area contributed by atoms with E-state index >= 15 is 0 Å². The number of benzene rings is 1. The highest BCUT2D eigenvalue weighted by Crippen LogP contribution is 2.24. The van der Waals surface area contributed by atoms with Crippen LogP contribution in [0.2, 0.25) is 0 Å². The van der Waals surface area contributed by atoms with Crippen molar-refractivity contribution in [1.29, 1.82) is 0 Å². The van der Waals surface area contributed by atoms with Crippen LogP contribution in [0.5, 0.6) is 0 Å². The molecule has 1 aliphatic carbocycles. The molecule has 2 rings (SSSR count). The van der Waals surface area contributed by atoms with Gasteiger partial charge < -0.3 is 10.6 Å². The van der Waals surface area contributed by atoms with Crippen molar-refractivity contribution in [3.8, 4) is 0 Å². The summed E-state index contributed by atoms with van der Waals surface area (Å²) in [6, 6.07) is 6.31. The number of hydrogen-bond acceptors (Lipinski definition) is 1. The number of rotatable bonds is 2. The predicted octanol–water partition coefficient (Wildman–Crippen LogP) is 4.00. The summed E-state index contributed by atoms with van der Waals surface area (Å²) in [7, 11) is 0. The average Bonchev–Trinajstić information content (AvgIpc) is 2.36. The van der Waals surface area contributed by atoms with E-state index in [-0.39, 0.29) is 6.03 Å². The lowest BCUT2D eigenvalue weighted by Crippen LogP contribution is -2.43. The SMILES string of the molecule is Cc1ccc(NC(=O)NC2CCCCC2C)c(C)c1. The quantitative estimate of drug-likeness (QED) is 0.829. The van der Waals surface area contributed by atoms with Crippen molar-refractivity contribution >= 4 is 11.7 Å². The van der Waals surface area contributed by atoms with Crippen molar-refractivity contribution in [2.75, 3.05) is 5.32 Å². The minimum absolute atomic E-state index is 0.0781. The molecule has 2 amide bonds. The summed E-state index contributed by atoms with van der Waals surface area (Å²) in [6.07, 6.45) is 4.83. The molecule has 0 saturated heterocycles. The van der Waals surface area contributed by atoms with Crippen molar-refractivity contribution in [3.63, 3.8) is 0 Å². The first-order valence-electron chi connectivity index (χ1n) is 7.21. The standard InChI is InChI=1S/C16H24N2O/c1-11-8-9-15(13(3)10-11)18-16(19)17-14-7-5-4-6-12(14)2/h8-10,12,14H,4-7H2,1-3H3,(H2,17,18,19). The molecule has 0 heterocycles. The second kappa shape index (κ2) is 6.09. The van der Waals surface area contributed by atoms with Gasteiger partial charge >= 0.3 is 6.03 Å². The van der Waals surface area contributed by atoms with Crippen molar-refractivity contribution < 1.29 is 4.79 Å². The molecule has 1 aromatic carbocycles. The molecule has 1 aromatic rings. The normalized spacial score (nSPS) is 22.9. The summed E-state index contributed by atoms with van der Waals surface area (Å²) in [5.74, 6) is 0.582. The number of hydrogen-bond donors (Lipinski definition) is 2. The topological polar surface area (TPSA) is 41.1 Å². The minimum Gasteiger partial charge on any atom is -0.335 e. The highest BCUT2D eigenvalue weighted by Gasteiger charge is 2.22. The summed E-state index contributed by atoms with van der Waals surface area (Å²) < 4.78 is 0. The Morgan fingerprint density at radius 1 is 1.21 bits per heavy atom. The zero-order valence-electron chi connectivity index (χ0n) is 12.1. The molecule has 2 atom stereocenters. The highest BCUT2D eigenvalue weighted by molar-refractivity contribution is 5.90. The number of urea groups is 1. The number of aryl methyl sites for hydroxylation is 2. The summed E-state index contributed by atoms with van der Waals surface area (Å²) in [4.78, 5) is 12.0. The van der Waals surface area contributed by atoms with Crippen molar-refractivity contribution in [1.82, 2.24) is 5.32 Å². The zero-order valence-corrected chi connectivity index (χ0v) is 12.1. The predicted molar refractivity (Wildman–Crippen MR) is 79.5 cm³/mol. The molecule has 0 radical (unpaired) electrons. The van der Waals surface area contributed by atoms with E-state index in [0.29, 0.717) is 12.0 Å². The third-order valence-electron chi connectivity index (χ3n) is 4.06. The largest absolute Gasteiger partial charge is 0.335 e. The van der Waals surface area contributed by atoms with Crippen molar-refractivity contribution in [2.24, 2.45) is 5.92 Å². The van der Waals surface area contributed by atoms with Crippen LogP contribution in [-0.4, -0.2) is 12.1 Å². The van der Waals surface area contributed by atoms with Crippen LogP contribution in [0.25, 0.3) is 0 Å². The molecule has 0 spiro atoms. The van der Waals surface area contributed by atoms with Gasteiger partial charge in [0.05, 0.1) is 0 Å². The van der Waals surface area contributed by atoms with E-state index in [9.17, 15) is 4.79 Å². The molecule has 2 N–H and O–H groups in total. The molecular weight excluding hydrogens is 236 g/mol. The van der Waals surface area contributed by atoms with Crippen LogP contribution < -0.4 is 10.6 Å². The third kappa shape index (κ3) is 3.72.